The molecule has 2 atom stereocenters. The third kappa shape index (κ3) is 57.5. The minimum atomic E-state index is -0.660. The number of esters is 1. The molecule has 0 aromatic carbocycles. The van der Waals surface area contributed by atoms with Gasteiger partial charge in [-0.1, -0.05) is 314 Å². The Balaban J connectivity index is 3.32. The summed E-state index contributed by atoms with van der Waals surface area (Å²) in [5.74, 6) is -0.0262. The zero-order valence-electron chi connectivity index (χ0n) is 48.0. The van der Waals surface area contributed by atoms with Crippen LogP contribution in [-0.4, -0.2) is 47.4 Å². The minimum Gasteiger partial charge on any atom is -0.466 e. The van der Waals surface area contributed by atoms with E-state index in [1.807, 2.05) is 0 Å². The topological polar surface area (TPSA) is 95.9 Å². The Morgan fingerprint density at radius 3 is 1.13 bits per heavy atom. The van der Waals surface area contributed by atoms with Gasteiger partial charge in [0, 0.05) is 12.8 Å². The average Bonchev–Trinajstić information content (AvgIpc) is 3.37. The van der Waals surface area contributed by atoms with Crippen molar-refractivity contribution in [2.24, 2.45) is 0 Å². The molecule has 0 aromatic rings. The van der Waals surface area contributed by atoms with Gasteiger partial charge in [-0.2, -0.15) is 0 Å². The summed E-state index contributed by atoms with van der Waals surface area (Å²) in [6, 6.07) is -0.537. The van der Waals surface area contributed by atoms with Crippen LogP contribution in [0.4, 0.5) is 0 Å². The monoisotopic (exact) mass is 1000 g/mol. The Bertz CT molecular complexity index is 1110. The maximum Gasteiger partial charge on any atom is 0.305 e. The molecule has 0 aromatic heterocycles. The van der Waals surface area contributed by atoms with Gasteiger partial charge in [0.2, 0.25) is 5.91 Å². The maximum absolute atomic E-state index is 12.5. The number of carbonyl (C=O) groups is 2. The number of unbranched alkanes of at least 4 members (excludes halogenated alkanes) is 45. The number of carbonyl (C=O) groups excluding carboxylic acids is 2. The summed E-state index contributed by atoms with van der Waals surface area (Å²) in [6.45, 7) is 4.90. The van der Waals surface area contributed by atoms with Crippen LogP contribution >= 0.6 is 0 Å². The van der Waals surface area contributed by atoms with E-state index < -0.39 is 12.1 Å². The number of hydrogen-bond donors (Lipinski definition) is 3. The van der Waals surface area contributed by atoms with Crippen molar-refractivity contribution in [3.63, 3.8) is 0 Å². The van der Waals surface area contributed by atoms with Crippen LogP contribution in [0.2, 0.25) is 0 Å². The van der Waals surface area contributed by atoms with Gasteiger partial charge in [-0.05, 0) is 51.4 Å². The second-order valence-corrected chi connectivity index (χ2v) is 22.1. The highest BCUT2D eigenvalue weighted by molar-refractivity contribution is 5.76. The molecule has 0 fully saturated rings. The van der Waals surface area contributed by atoms with Gasteiger partial charge in [-0.15, -0.1) is 0 Å². The van der Waals surface area contributed by atoms with Crippen molar-refractivity contribution in [3.05, 3.63) is 24.3 Å². The Morgan fingerprint density at radius 1 is 0.394 bits per heavy atom. The van der Waals surface area contributed by atoms with Gasteiger partial charge in [-0.3, -0.25) is 9.59 Å². The highest BCUT2D eigenvalue weighted by atomic mass is 16.5. The maximum atomic E-state index is 12.5. The Labute approximate surface area is 443 Å². The van der Waals surface area contributed by atoms with Gasteiger partial charge in [0.15, 0.2) is 0 Å². The van der Waals surface area contributed by atoms with Crippen molar-refractivity contribution in [1.29, 1.82) is 0 Å². The van der Waals surface area contributed by atoms with Crippen LogP contribution in [-0.2, 0) is 14.3 Å². The molecular weight excluding hydrogens is 875 g/mol. The molecular formula is C65H125NO5. The standard InChI is InChI=1S/C65H125NO5/c1-3-5-7-9-11-13-15-34-39-43-47-51-55-59-65(70)71-60-56-52-48-44-40-36-33-31-29-27-25-23-21-19-17-18-20-22-24-26-28-30-32-35-38-42-46-50-54-58-64(69)66-62(61-67)63(68)57-53-49-45-41-37-16-14-12-10-8-6-4-2/h7,9,13,15,62-63,67-68H,3-6,8,10-12,14,16-61H2,1-2H3,(H,66,69)/b9-7-,15-13-. The molecule has 2 unspecified atom stereocenters. The molecule has 6 nitrogen and oxygen atoms in total. The summed E-state index contributed by atoms with van der Waals surface area (Å²) in [6.07, 6.45) is 75.0. The number of hydrogen-bond acceptors (Lipinski definition) is 5. The molecule has 0 aliphatic rings. The summed E-state index contributed by atoms with van der Waals surface area (Å²) in [7, 11) is 0. The van der Waals surface area contributed by atoms with E-state index in [0.29, 0.717) is 25.9 Å². The van der Waals surface area contributed by atoms with E-state index in [0.717, 1.165) is 51.4 Å². The fourth-order valence-corrected chi connectivity index (χ4v) is 10.1. The Morgan fingerprint density at radius 2 is 0.732 bits per heavy atom. The van der Waals surface area contributed by atoms with Crippen LogP contribution in [0, 0.1) is 0 Å². The van der Waals surface area contributed by atoms with Crippen LogP contribution in [0.1, 0.15) is 354 Å². The van der Waals surface area contributed by atoms with Crippen LogP contribution < -0.4 is 5.32 Å². The quantitative estimate of drug-likeness (QED) is 0.0320. The molecule has 0 aliphatic carbocycles. The first-order chi connectivity index (χ1) is 35.0. The van der Waals surface area contributed by atoms with E-state index in [1.165, 1.54) is 270 Å². The van der Waals surface area contributed by atoms with Gasteiger partial charge >= 0.3 is 5.97 Å². The molecule has 0 radical (unpaired) electrons. The van der Waals surface area contributed by atoms with Gasteiger partial charge in [-0.25, -0.2) is 0 Å². The van der Waals surface area contributed by atoms with Crippen molar-refractivity contribution < 1.29 is 24.5 Å². The molecule has 0 aliphatic heterocycles. The molecule has 0 saturated heterocycles. The smallest absolute Gasteiger partial charge is 0.305 e. The molecule has 3 N–H and O–H groups in total. The van der Waals surface area contributed by atoms with Crippen molar-refractivity contribution in [2.75, 3.05) is 13.2 Å². The first kappa shape index (κ1) is 69.3. The zero-order valence-corrected chi connectivity index (χ0v) is 48.0. The highest BCUT2D eigenvalue weighted by Gasteiger charge is 2.20. The number of nitrogens with one attached hydrogen (secondary N) is 1. The van der Waals surface area contributed by atoms with Crippen molar-refractivity contribution >= 4 is 11.9 Å². The second kappa shape index (κ2) is 60.9. The van der Waals surface area contributed by atoms with Gasteiger partial charge in [0.05, 0.1) is 25.4 Å². The summed E-state index contributed by atoms with van der Waals surface area (Å²) in [5.41, 5.74) is 0. The number of allylic oxidation sites excluding steroid dienone is 4. The lowest BCUT2D eigenvalue weighted by atomic mass is 10.0. The third-order valence-corrected chi connectivity index (χ3v) is 15.0. The van der Waals surface area contributed by atoms with E-state index in [2.05, 4.69) is 43.5 Å². The third-order valence-electron chi connectivity index (χ3n) is 15.0. The molecule has 0 heterocycles. The number of amides is 1. The first-order valence-electron chi connectivity index (χ1n) is 32.1. The molecule has 0 bridgehead atoms. The fourth-order valence-electron chi connectivity index (χ4n) is 10.1. The lowest BCUT2D eigenvalue weighted by Crippen LogP contribution is -2.45. The van der Waals surface area contributed by atoms with Crippen LogP contribution in [0.15, 0.2) is 24.3 Å². The van der Waals surface area contributed by atoms with E-state index in [1.54, 1.807) is 0 Å². The predicted molar refractivity (Wildman–Crippen MR) is 310 cm³/mol. The Hall–Kier alpha value is -1.66. The molecule has 71 heavy (non-hydrogen) atoms. The molecule has 0 saturated carbocycles. The van der Waals surface area contributed by atoms with Crippen molar-refractivity contribution in [2.45, 2.75) is 366 Å². The number of aliphatic hydroxyl groups is 2. The molecule has 420 valence electrons. The normalized spacial score (nSPS) is 12.7. The van der Waals surface area contributed by atoms with Crippen molar-refractivity contribution in [3.8, 4) is 0 Å². The van der Waals surface area contributed by atoms with E-state index in [-0.39, 0.29) is 18.5 Å². The molecule has 0 rings (SSSR count). The summed E-state index contributed by atoms with van der Waals surface area (Å²) >= 11 is 0. The second-order valence-electron chi connectivity index (χ2n) is 22.1. The van der Waals surface area contributed by atoms with Crippen molar-refractivity contribution in [1.82, 2.24) is 5.32 Å². The van der Waals surface area contributed by atoms with Crippen LogP contribution in [0.5, 0.6) is 0 Å². The van der Waals surface area contributed by atoms with Gasteiger partial charge in [0.25, 0.3) is 0 Å². The number of aliphatic hydroxyl groups excluding tert-OH is 2. The molecule has 1 amide bonds. The van der Waals surface area contributed by atoms with Crippen LogP contribution in [0.3, 0.4) is 0 Å². The average molecular weight is 1000 g/mol. The largest absolute Gasteiger partial charge is 0.466 e. The lowest BCUT2D eigenvalue weighted by Gasteiger charge is -2.22. The number of rotatable bonds is 60. The van der Waals surface area contributed by atoms with Crippen LogP contribution in [0.25, 0.3) is 0 Å². The van der Waals surface area contributed by atoms with E-state index in [4.69, 9.17) is 4.74 Å². The minimum absolute atomic E-state index is 0.00428. The fraction of sp³-hybridized carbons (Fsp3) is 0.908. The van der Waals surface area contributed by atoms with Gasteiger partial charge in [0.1, 0.15) is 0 Å². The lowest BCUT2D eigenvalue weighted by molar-refractivity contribution is -0.143. The van der Waals surface area contributed by atoms with E-state index >= 15 is 0 Å². The first-order valence-corrected chi connectivity index (χ1v) is 32.1. The highest BCUT2D eigenvalue weighted by Crippen LogP contribution is 2.18. The van der Waals surface area contributed by atoms with Gasteiger partial charge < -0.3 is 20.3 Å². The summed E-state index contributed by atoms with van der Waals surface area (Å²) in [4.78, 5) is 24.5. The number of ether oxygens (including phenoxy) is 1. The predicted octanol–water partition coefficient (Wildman–Crippen LogP) is 20.2. The SMILES string of the molecule is CCC/C=C\C/C=C\CCCCCCCC(=O)OCCCCCCCCCCCCCCCCCCCCCCCCCCCCCCCC(=O)NC(CO)C(O)CCCCCCCCCCCCCC. The molecule has 0 spiro atoms. The Kier molecular flexibility index (Phi) is 59.5. The molecule has 6 heteroatoms. The zero-order chi connectivity index (χ0) is 51.4. The summed E-state index contributed by atoms with van der Waals surface area (Å²) in [5, 5.41) is 23.2. The summed E-state index contributed by atoms with van der Waals surface area (Å²) < 4.78 is 5.47. The van der Waals surface area contributed by atoms with E-state index in [9.17, 15) is 19.8 Å².